The van der Waals surface area contributed by atoms with E-state index in [0.29, 0.717) is 17.7 Å². The smallest absolute Gasteiger partial charge is 0.410 e. The molecular formula is C23H24N2O4. The van der Waals surface area contributed by atoms with E-state index in [9.17, 15) is 14.4 Å². The van der Waals surface area contributed by atoms with Crippen LogP contribution in [-0.4, -0.2) is 52.4 Å². The predicted octanol–water partition coefficient (Wildman–Crippen LogP) is 3.69. The SMILES string of the molecule is CC(C)(C)OC(=O)N1C[C@@H](c2ccccc2)[C@@H](N2C(=O)c3ccccc3C2=O)C1. The van der Waals surface area contributed by atoms with Crippen molar-refractivity contribution in [3.8, 4) is 0 Å². The van der Waals surface area contributed by atoms with Gasteiger partial charge in [-0.25, -0.2) is 4.79 Å². The van der Waals surface area contributed by atoms with E-state index < -0.39 is 17.7 Å². The Bertz CT molecular complexity index is 929. The van der Waals surface area contributed by atoms with Crippen molar-refractivity contribution in [1.82, 2.24) is 9.80 Å². The Morgan fingerprint density at radius 1 is 0.897 bits per heavy atom. The summed E-state index contributed by atoms with van der Waals surface area (Å²) in [5.74, 6) is -0.781. The molecule has 2 heterocycles. The number of likely N-dealkylation sites (tertiary alicyclic amines) is 1. The highest BCUT2D eigenvalue weighted by Crippen LogP contribution is 2.36. The highest BCUT2D eigenvalue weighted by atomic mass is 16.6. The molecule has 150 valence electrons. The minimum Gasteiger partial charge on any atom is -0.444 e. The Morgan fingerprint density at radius 3 is 2.00 bits per heavy atom. The second-order valence-corrected chi connectivity index (χ2v) is 8.50. The van der Waals surface area contributed by atoms with Crippen molar-refractivity contribution in [2.75, 3.05) is 13.1 Å². The summed E-state index contributed by atoms with van der Waals surface area (Å²) in [5.41, 5.74) is 1.20. The van der Waals surface area contributed by atoms with Gasteiger partial charge in [0.2, 0.25) is 0 Å². The Morgan fingerprint density at radius 2 is 1.45 bits per heavy atom. The molecule has 2 aromatic carbocycles. The number of fused-ring (bicyclic) bond motifs is 1. The third kappa shape index (κ3) is 3.50. The van der Waals surface area contributed by atoms with Crippen LogP contribution in [0.4, 0.5) is 4.79 Å². The number of ether oxygens (including phenoxy) is 1. The molecule has 0 spiro atoms. The monoisotopic (exact) mass is 392 g/mol. The number of amides is 3. The molecule has 6 heteroatoms. The second-order valence-electron chi connectivity index (χ2n) is 8.50. The van der Waals surface area contributed by atoms with Gasteiger partial charge >= 0.3 is 6.09 Å². The normalized spacial score (nSPS) is 21.5. The van der Waals surface area contributed by atoms with Crippen molar-refractivity contribution in [2.24, 2.45) is 0 Å². The van der Waals surface area contributed by atoms with Crippen LogP contribution in [0.5, 0.6) is 0 Å². The van der Waals surface area contributed by atoms with Gasteiger partial charge < -0.3 is 9.64 Å². The number of benzene rings is 2. The maximum absolute atomic E-state index is 13.0. The van der Waals surface area contributed by atoms with Crippen LogP contribution in [0.2, 0.25) is 0 Å². The molecule has 3 amide bonds. The van der Waals surface area contributed by atoms with Crippen LogP contribution in [-0.2, 0) is 4.74 Å². The van der Waals surface area contributed by atoms with Gasteiger partial charge in [0.15, 0.2) is 0 Å². The van der Waals surface area contributed by atoms with Gasteiger partial charge in [-0.2, -0.15) is 0 Å². The summed E-state index contributed by atoms with van der Waals surface area (Å²) >= 11 is 0. The maximum atomic E-state index is 13.0. The van der Waals surface area contributed by atoms with Gasteiger partial charge in [0.1, 0.15) is 5.60 Å². The summed E-state index contributed by atoms with van der Waals surface area (Å²) in [7, 11) is 0. The van der Waals surface area contributed by atoms with Crippen LogP contribution in [0.1, 0.15) is 53.0 Å². The van der Waals surface area contributed by atoms with Crippen molar-refractivity contribution >= 4 is 17.9 Å². The Balaban J connectivity index is 1.67. The van der Waals surface area contributed by atoms with Crippen LogP contribution in [0.3, 0.4) is 0 Å². The lowest BCUT2D eigenvalue weighted by atomic mass is 9.93. The number of rotatable bonds is 2. The first-order chi connectivity index (χ1) is 13.8. The molecule has 2 aliphatic rings. The lowest BCUT2D eigenvalue weighted by Crippen LogP contribution is -2.44. The summed E-state index contributed by atoms with van der Waals surface area (Å²) in [5, 5.41) is 0. The zero-order valence-electron chi connectivity index (χ0n) is 16.8. The first-order valence-corrected chi connectivity index (χ1v) is 9.76. The predicted molar refractivity (Wildman–Crippen MR) is 108 cm³/mol. The van der Waals surface area contributed by atoms with E-state index in [1.54, 1.807) is 29.2 Å². The van der Waals surface area contributed by atoms with E-state index in [-0.39, 0.29) is 24.3 Å². The molecule has 2 aliphatic heterocycles. The molecule has 0 aliphatic carbocycles. The molecule has 2 atom stereocenters. The minimum atomic E-state index is -0.618. The molecule has 0 aromatic heterocycles. The summed E-state index contributed by atoms with van der Waals surface area (Å²) in [6, 6.07) is 16.1. The molecule has 0 N–H and O–H groups in total. The van der Waals surface area contributed by atoms with E-state index in [1.165, 1.54) is 4.90 Å². The maximum Gasteiger partial charge on any atom is 0.410 e. The van der Waals surface area contributed by atoms with Crippen LogP contribution < -0.4 is 0 Å². The summed E-state index contributed by atoms with van der Waals surface area (Å²) in [6.45, 7) is 6.09. The molecule has 1 fully saturated rings. The fourth-order valence-corrected chi connectivity index (χ4v) is 4.06. The van der Waals surface area contributed by atoms with Crippen molar-refractivity contribution in [3.05, 3.63) is 71.3 Å². The first-order valence-electron chi connectivity index (χ1n) is 9.76. The molecule has 2 aromatic rings. The fourth-order valence-electron chi connectivity index (χ4n) is 4.06. The van der Waals surface area contributed by atoms with E-state index in [0.717, 1.165) is 5.56 Å². The van der Waals surface area contributed by atoms with Gasteiger partial charge in [0.05, 0.1) is 17.2 Å². The largest absolute Gasteiger partial charge is 0.444 e. The van der Waals surface area contributed by atoms with E-state index in [4.69, 9.17) is 4.74 Å². The topological polar surface area (TPSA) is 66.9 Å². The van der Waals surface area contributed by atoms with Crippen LogP contribution in [0, 0.1) is 0 Å². The van der Waals surface area contributed by atoms with Gasteiger partial charge in [0, 0.05) is 19.0 Å². The lowest BCUT2D eigenvalue weighted by Gasteiger charge is -2.27. The molecule has 0 unspecified atom stereocenters. The average Bonchev–Trinajstić information content (AvgIpc) is 3.22. The third-order valence-corrected chi connectivity index (χ3v) is 5.33. The van der Waals surface area contributed by atoms with Gasteiger partial charge in [0.25, 0.3) is 11.8 Å². The van der Waals surface area contributed by atoms with Crippen molar-refractivity contribution < 1.29 is 19.1 Å². The molecular weight excluding hydrogens is 368 g/mol. The Kier molecular flexibility index (Phi) is 4.65. The molecule has 0 saturated carbocycles. The summed E-state index contributed by atoms with van der Waals surface area (Å²) < 4.78 is 5.53. The van der Waals surface area contributed by atoms with E-state index >= 15 is 0 Å². The number of nitrogens with zero attached hydrogens (tertiary/aromatic N) is 2. The summed E-state index contributed by atoms with van der Waals surface area (Å²) in [6.07, 6.45) is -0.433. The van der Waals surface area contributed by atoms with Gasteiger partial charge in [-0.15, -0.1) is 0 Å². The fraction of sp³-hybridized carbons (Fsp3) is 0.348. The quantitative estimate of drug-likeness (QED) is 0.731. The molecule has 4 rings (SSSR count). The van der Waals surface area contributed by atoms with Crippen molar-refractivity contribution in [2.45, 2.75) is 38.3 Å². The lowest BCUT2D eigenvalue weighted by molar-refractivity contribution is 0.0273. The number of hydrogen-bond donors (Lipinski definition) is 0. The van der Waals surface area contributed by atoms with Crippen LogP contribution in [0.25, 0.3) is 0 Å². The number of imide groups is 1. The first kappa shape index (κ1) is 19.2. The Hall–Kier alpha value is -3.15. The number of carbonyl (C=O) groups is 3. The second kappa shape index (κ2) is 7.03. The highest BCUT2D eigenvalue weighted by molar-refractivity contribution is 6.21. The molecule has 29 heavy (non-hydrogen) atoms. The Labute approximate surface area is 170 Å². The average molecular weight is 392 g/mol. The van der Waals surface area contributed by atoms with Crippen LogP contribution >= 0.6 is 0 Å². The van der Waals surface area contributed by atoms with Gasteiger partial charge in [-0.1, -0.05) is 42.5 Å². The molecule has 6 nitrogen and oxygen atoms in total. The van der Waals surface area contributed by atoms with Crippen LogP contribution in [0.15, 0.2) is 54.6 Å². The number of carbonyl (C=O) groups excluding carboxylic acids is 3. The van der Waals surface area contributed by atoms with E-state index in [2.05, 4.69) is 0 Å². The van der Waals surface area contributed by atoms with Crippen molar-refractivity contribution in [1.29, 1.82) is 0 Å². The van der Waals surface area contributed by atoms with Gasteiger partial charge in [-0.3, -0.25) is 14.5 Å². The zero-order chi connectivity index (χ0) is 20.8. The standard InChI is InChI=1S/C23H24N2O4/c1-23(2,3)29-22(28)24-13-18(15-9-5-4-6-10-15)19(14-24)25-20(26)16-11-7-8-12-17(16)21(25)27/h4-12,18-19H,13-14H2,1-3H3/t18-,19-/m0/s1. The van der Waals surface area contributed by atoms with Crippen molar-refractivity contribution in [3.63, 3.8) is 0 Å². The minimum absolute atomic E-state index is 0.175. The summed E-state index contributed by atoms with van der Waals surface area (Å²) in [4.78, 5) is 41.7. The third-order valence-electron chi connectivity index (χ3n) is 5.33. The molecule has 0 bridgehead atoms. The zero-order valence-corrected chi connectivity index (χ0v) is 16.8. The van der Waals surface area contributed by atoms with E-state index in [1.807, 2.05) is 51.1 Å². The highest BCUT2D eigenvalue weighted by Gasteiger charge is 2.48. The number of hydrogen-bond acceptors (Lipinski definition) is 4. The van der Waals surface area contributed by atoms with Gasteiger partial charge in [-0.05, 0) is 38.5 Å². The molecule has 1 saturated heterocycles. The molecule has 0 radical (unpaired) electrons.